The predicted octanol–water partition coefficient (Wildman–Crippen LogP) is 2.36. The van der Waals surface area contributed by atoms with Crippen molar-refractivity contribution in [2.75, 3.05) is 13.1 Å². The number of piperidine rings is 1. The Morgan fingerprint density at radius 3 is 2.78 bits per heavy atom. The Bertz CT molecular complexity index is 912. The molecule has 0 aliphatic carbocycles. The number of nitrogens with one attached hydrogen (secondary N) is 1. The molecule has 2 amide bonds. The summed E-state index contributed by atoms with van der Waals surface area (Å²) in [6.07, 6.45) is 7.61. The van der Waals surface area contributed by atoms with E-state index < -0.39 is 0 Å². The highest BCUT2D eigenvalue weighted by Crippen LogP contribution is 2.19. The zero-order chi connectivity index (χ0) is 18.6. The fourth-order valence-electron chi connectivity index (χ4n) is 3.08. The van der Waals surface area contributed by atoms with Crippen LogP contribution in [0, 0.1) is 0 Å². The largest absolute Gasteiger partial charge is 0.472 e. The zero-order valence-electron chi connectivity index (χ0n) is 14.5. The lowest BCUT2D eigenvalue weighted by atomic mass is 10.0. The normalized spacial score (nSPS) is 14.9. The average molecular weight is 366 g/mol. The number of furan rings is 1. The van der Waals surface area contributed by atoms with Crippen LogP contribution in [0.4, 0.5) is 0 Å². The minimum absolute atomic E-state index is 0.00978. The second-order valence-corrected chi connectivity index (χ2v) is 6.37. The summed E-state index contributed by atoms with van der Waals surface area (Å²) in [6.45, 7) is 1.16. The number of carbonyl (C=O) groups excluding carboxylic acids is 2. The van der Waals surface area contributed by atoms with Gasteiger partial charge in [0.2, 0.25) is 0 Å². The number of hydrogen-bond donors (Lipinski definition) is 1. The number of aromatic nitrogens is 2. The lowest BCUT2D eigenvalue weighted by Crippen LogP contribution is -2.46. The Kier molecular flexibility index (Phi) is 4.69. The maximum Gasteiger partial charge on any atom is 0.273 e. The first kappa shape index (κ1) is 17.0. The molecule has 1 aliphatic heterocycles. The van der Waals surface area contributed by atoms with Crippen molar-refractivity contribution in [2.45, 2.75) is 18.9 Å². The van der Waals surface area contributed by atoms with Crippen LogP contribution in [0.1, 0.15) is 33.7 Å². The SMILES string of the molecule is O=C(NC1CCN(C(=O)c2ccoc2)CC1)c1cc(-c2cccnc2)on1. The summed E-state index contributed by atoms with van der Waals surface area (Å²) in [5.74, 6) is 0.161. The van der Waals surface area contributed by atoms with Crippen LogP contribution in [0.5, 0.6) is 0 Å². The van der Waals surface area contributed by atoms with Gasteiger partial charge in [0, 0.05) is 43.2 Å². The van der Waals surface area contributed by atoms with Crippen molar-refractivity contribution in [1.29, 1.82) is 0 Å². The van der Waals surface area contributed by atoms with E-state index >= 15 is 0 Å². The van der Waals surface area contributed by atoms with Crippen LogP contribution in [-0.2, 0) is 0 Å². The Morgan fingerprint density at radius 1 is 1.22 bits per heavy atom. The number of likely N-dealkylation sites (tertiary alicyclic amines) is 1. The molecule has 3 aromatic heterocycles. The summed E-state index contributed by atoms with van der Waals surface area (Å²) in [4.78, 5) is 30.5. The topological polar surface area (TPSA) is 101 Å². The number of carbonyl (C=O) groups is 2. The number of rotatable bonds is 4. The molecule has 0 saturated carbocycles. The van der Waals surface area contributed by atoms with Crippen LogP contribution >= 0.6 is 0 Å². The number of pyridine rings is 1. The van der Waals surface area contributed by atoms with E-state index in [1.54, 1.807) is 35.5 Å². The quantitative estimate of drug-likeness (QED) is 0.761. The van der Waals surface area contributed by atoms with Crippen molar-refractivity contribution in [3.05, 3.63) is 60.4 Å². The fourth-order valence-corrected chi connectivity index (χ4v) is 3.08. The number of amides is 2. The lowest BCUT2D eigenvalue weighted by molar-refractivity contribution is 0.0697. The molecule has 0 bridgehead atoms. The lowest BCUT2D eigenvalue weighted by Gasteiger charge is -2.32. The highest BCUT2D eigenvalue weighted by atomic mass is 16.5. The van der Waals surface area contributed by atoms with Crippen molar-refractivity contribution in [3.63, 3.8) is 0 Å². The molecule has 4 rings (SSSR count). The molecule has 0 atom stereocenters. The second kappa shape index (κ2) is 7.45. The van der Waals surface area contributed by atoms with Crippen LogP contribution in [0.2, 0.25) is 0 Å². The van der Waals surface area contributed by atoms with Crippen molar-refractivity contribution in [3.8, 4) is 11.3 Å². The molecular formula is C19H18N4O4. The Morgan fingerprint density at radius 2 is 2.07 bits per heavy atom. The highest BCUT2D eigenvalue weighted by molar-refractivity contribution is 5.94. The molecule has 1 fully saturated rings. The molecule has 3 aromatic rings. The van der Waals surface area contributed by atoms with Crippen LogP contribution < -0.4 is 5.32 Å². The van der Waals surface area contributed by atoms with Crippen LogP contribution in [0.25, 0.3) is 11.3 Å². The molecule has 4 heterocycles. The molecule has 0 aromatic carbocycles. The monoisotopic (exact) mass is 366 g/mol. The van der Waals surface area contributed by atoms with Gasteiger partial charge < -0.3 is 19.2 Å². The highest BCUT2D eigenvalue weighted by Gasteiger charge is 2.26. The molecule has 0 radical (unpaired) electrons. The smallest absolute Gasteiger partial charge is 0.273 e. The first-order valence-corrected chi connectivity index (χ1v) is 8.70. The van der Waals surface area contributed by atoms with Gasteiger partial charge in [-0.05, 0) is 31.0 Å². The van der Waals surface area contributed by atoms with E-state index in [1.807, 2.05) is 6.07 Å². The first-order chi connectivity index (χ1) is 13.2. The van der Waals surface area contributed by atoms with Crippen molar-refractivity contribution < 1.29 is 18.5 Å². The van der Waals surface area contributed by atoms with Gasteiger partial charge in [0.1, 0.15) is 6.26 Å². The molecule has 0 spiro atoms. The van der Waals surface area contributed by atoms with Crippen molar-refractivity contribution >= 4 is 11.8 Å². The average Bonchev–Trinajstić information content (AvgIpc) is 3.41. The van der Waals surface area contributed by atoms with Crippen molar-refractivity contribution in [1.82, 2.24) is 20.4 Å². The Labute approximate surface area is 155 Å². The van der Waals surface area contributed by atoms with Gasteiger partial charge in [0.05, 0.1) is 11.8 Å². The molecule has 1 aliphatic rings. The Hall–Kier alpha value is -3.42. The fraction of sp³-hybridized carbons (Fsp3) is 0.263. The second-order valence-electron chi connectivity index (χ2n) is 6.37. The third kappa shape index (κ3) is 3.74. The van der Waals surface area contributed by atoms with Gasteiger partial charge in [0.15, 0.2) is 11.5 Å². The van der Waals surface area contributed by atoms with E-state index in [0.29, 0.717) is 37.3 Å². The van der Waals surface area contributed by atoms with Gasteiger partial charge in [0.25, 0.3) is 11.8 Å². The van der Waals surface area contributed by atoms with E-state index in [9.17, 15) is 9.59 Å². The van der Waals surface area contributed by atoms with Gasteiger partial charge in [-0.1, -0.05) is 5.16 Å². The van der Waals surface area contributed by atoms with Crippen molar-refractivity contribution in [2.24, 2.45) is 0 Å². The maximum atomic E-state index is 12.4. The third-order valence-corrected chi connectivity index (χ3v) is 4.57. The first-order valence-electron chi connectivity index (χ1n) is 8.70. The van der Waals surface area contributed by atoms with E-state index in [4.69, 9.17) is 8.94 Å². The standard InChI is InChI=1S/C19H18N4O4/c24-18(16-10-17(27-22-16)13-2-1-6-20-11-13)21-15-3-7-23(8-4-15)19(25)14-5-9-26-12-14/h1-2,5-6,9-12,15H,3-4,7-8H2,(H,21,24). The molecular weight excluding hydrogens is 348 g/mol. The molecule has 1 saturated heterocycles. The molecule has 0 unspecified atom stereocenters. The maximum absolute atomic E-state index is 12.4. The van der Waals surface area contributed by atoms with Crippen LogP contribution in [0.3, 0.4) is 0 Å². The van der Waals surface area contributed by atoms with Gasteiger partial charge in [-0.25, -0.2) is 0 Å². The summed E-state index contributed by atoms with van der Waals surface area (Å²) in [7, 11) is 0. The molecule has 8 nitrogen and oxygen atoms in total. The Balaban J connectivity index is 1.32. The summed E-state index contributed by atoms with van der Waals surface area (Å²) < 4.78 is 10.2. The van der Waals surface area contributed by atoms with Crippen LogP contribution in [-0.4, -0.2) is 46.0 Å². The van der Waals surface area contributed by atoms with E-state index in [2.05, 4.69) is 15.5 Å². The summed E-state index contributed by atoms with van der Waals surface area (Å²) in [6, 6.07) is 6.87. The molecule has 138 valence electrons. The minimum atomic E-state index is -0.284. The van der Waals surface area contributed by atoms with Gasteiger partial charge in [-0.2, -0.15) is 0 Å². The molecule has 27 heavy (non-hydrogen) atoms. The summed E-state index contributed by atoms with van der Waals surface area (Å²) >= 11 is 0. The zero-order valence-corrected chi connectivity index (χ0v) is 14.5. The summed E-state index contributed by atoms with van der Waals surface area (Å²) in [5, 5.41) is 6.81. The van der Waals surface area contributed by atoms with Gasteiger partial charge in [-0.3, -0.25) is 14.6 Å². The molecule has 8 heteroatoms. The van der Waals surface area contributed by atoms with Gasteiger partial charge >= 0.3 is 0 Å². The van der Waals surface area contributed by atoms with E-state index in [1.165, 1.54) is 12.5 Å². The predicted molar refractivity (Wildman–Crippen MR) is 94.8 cm³/mol. The third-order valence-electron chi connectivity index (χ3n) is 4.57. The number of nitrogens with zero attached hydrogens (tertiary/aromatic N) is 3. The minimum Gasteiger partial charge on any atom is -0.472 e. The summed E-state index contributed by atoms with van der Waals surface area (Å²) in [5.41, 5.74) is 1.53. The molecule has 1 N–H and O–H groups in total. The van der Waals surface area contributed by atoms with Gasteiger partial charge in [-0.15, -0.1) is 0 Å². The number of hydrogen-bond acceptors (Lipinski definition) is 6. The van der Waals surface area contributed by atoms with E-state index in [0.717, 1.165) is 5.56 Å². The van der Waals surface area contributed by atoms with E-state index in [-0.39, 0.29) is 23.6 Å². The van der Waals surface area contributed by atoms with Crippen LogP contribution in [0.15, 0.2) is 58.1 Å².